The Hall–Kier alpha value is -4.87. The summed E-state index contributed by atoms with van der Waals surface area (Å²) in [6, 6.07) is 14.8. The number of alkyl carbamates (subject to hydrolysis) is 2. The maximum absolute atomic E-state index is 13.3. The van der Waals surface area contributed by atoms with E-state index in [-0.39, 0.29) is 43.7 Å². The van der Waals surface area contributed by atoms with Gasteiger partial charge in [-0.25, -0.2) is 19.4 Å². The van der Waals surface area contributed by atoms with Crippen LogP contribution >= 0.6 is 0 Å². The first-order chi connectivity index (χ1) is 20.5. The molecular weight excluding hydrogens is 554 g/mol. The molecule has 0 saturated heterocycles. The van der Waals surface area contributed by atoms with Crippen molar-refractivity contribution in [3.05, 3.63) is 71.7 Å². The summed E-state index contributed by atoms with van der Waals surface area (Å²) in [7, 11) is 1.59. The molecule has 2 aromatic carbocycles. The fourth-order valence-electron chi connectivity index (χ4n) is 4.81. The van der Waals surface area contributed by atoms with Gasteiger partial charge < -0.3 is 34.7 Å². The summed E-state index contributed by atoms with van der Waals surface area (Å²) in [5.74, 6) is -1.32. The molecule has 4 rings (SSSR count). The van der Waals surface area contributed by atoms with E-state index >= 15 is 0 Å². The number of ether oxygens (including phenoxy) is 3. The number of fused-ring (bicyclic) bond motifs is 3. The molecule has 1 heterocycles. The first-order valence-corrected chi connectivity index (χ1v) is 14.1. The van der Waals surface area contributed by atoms with Crippen LogP contribution in [0.2, 0.25) is 0 Å². The van der Waals surface area contributed by atoms with Gasteiger partial charge in [-0.1, -0.05) is 48.5 Å². The Morgan fingerprint density at radius 3 is 2.19 bits per heavy atom. The Bertz CT molecular complexity index is 1450. The van der Waals surface area contributed by atoms with Gasteiger partial charge in [0.15, 0.2) is 5.82 Å². The van der Waals surface area contributed by atoms with E-state index in [9.17, 15) is 19.2 Å². The minimum atomic E-state index is -1.11. The molecule has 3 amide bonds. The minimum Gasteiger partial charge on any atom is -0.460 e. The zero-order valence-corrected chi connectivity index (χ0v) is 24.9. The number of nitrogens with zero attached hydrogens (tertiary/aromatic N) is 2. The molecule has 0 saturated carbocycles. The third kappa shape index (κ3) is 7.91. The normalized spacial score (nSPS) is 12.9. The molecule has 3 N–H and O–H groups in total. The number of amides is 3. The topological polar surface area (TPSA) is 150 Å². The van der Waals surface area contributed by atoms with Crippen LogP contribution in [0.4, 0.5) is 15.4 Å². The number of benzene rings is 2. The molecule has 1 aliphatic rings. The van der Waals surface area contributed by atoms with Crippen molar-refractivity contribution in [2.45, 2.75) is 51.7 Å². The highest BCUT2D eigenvalue weighted by atomic mass is 16.6. The highest BCUT2D eigenvalue weighted by Crippen LogP contribution is 2.44. The lowest BCUT2D eigenvalue weighted by Gasteiger charge is -2.21. The molecule has 1 atom stereocenters. The average Bonchev–Trinajstić information content (AvgIpc) is 3.47. The Kier molecular flexibility index (Phi) is 9.69. The molecule has 1 aromatic heterocycles. The first kappa shape index (κ1) is 31.1. The van der Waals surface area contributed by atoms with Crippen LogP contribution in [0.25, 0.3) is 11.1 Å². The number of aryl methyl sites for hydroxylation is 1. The lowest BCUT2D eigenvalue weighted by molar-refractivity contribution is -0.118. The van der Waals surface area contributed by atoms with E-state index in [2.05, 4.69) is 20.9 Å². The molecule has 12 heteroatoms. The van der Waals surface area contributed by atoms with Gasteiger partial charge in [0.2, 0.25) is 11.7 Å². The van der Waals surface area contributed by atoms with E-state index in [1.165, 1.54) is 10.8 Å². The number of nitrogens with one attached hydrogen (secondary N) is 3. The second kappa shape index (κ2) is 13.4. The molecule has 0 unspecified atom stereocenters. The van der Waals surface area contributed by atoms with Gasteiger partial charge in [0.25, 0.3) is 0 Å². The summed E-state index contributed by atoms with van der Waals surface area (Å²) in [4.78, 5) is 54.7. The zero-order valence-electron chi connectivity index (χ0n) is 24.9. The van der Waals surface area contributed by atoms with Gasteiger partial charge in [-0.15, -0.1) is 0 Å². The molecule has 0 radical (unpaired) electrons. The zero-order chi connectivity index (χ0) is 31.1. The highest BCUT2D eigenvalue weighted by molar-refractivity contribution is 5.96. The summed E-state index contributed by atoms with van der Waals surface area (Å²) < 4.78 is 17.3. The SMILES string of the molecule is CCOC(=O)c1nc(NC(=O)[C@@H](CCNC(=O)OC(C)(C)C)NC(=O)OCC2c3ccccc3-c3ccccc32)cn1C. The quantitative estimate of drug-likeness (QED) is 0.233. The molecule has 43 heavy (non-hydrogen) atoms. The average molecular weight is 592 g/mol. The standard InChI is InChI=1S/C31H37N5O7/c1-6-41-28(38)26-34-25(17-36(26)5)35-27(37)24(15-16-32-29(39)43-31(2,3)4)33-30(40)42-18-23-21-13-9-7-11-19(21)20-12-8-10-14-22(20)23/h7-14,17,23-24H,6,15-16,18H2,1-5H3,(H,32,39)(H,33,40)(H,35,37)/t24-/m1/s1. The van der Waals surface area contributed by atoms with Crippen molar-refractivity contribution in [3.8, 4) is 11.1 Å². The van der Waals surface area contributed by atoms with E-state index in [1.807, 2.05) is 48.5 Å². The number of rotatable bonds is 10. The van der Waals surface area contributed by atoms with E-state index in [1.54, 1.807) is 34.7 Å². The van der Waals surface area contributed by atoms with Gasteiger partial charge in [-0.3, -0.25) is 4.79 Å². The summed E-state index contributed by atoms with van der Waals surface area (Å²) in [6.07, 6.45) is 0.0180. The van der Waals surface area contributed by atoms with E-state index in [4.69, 9.17) is 14.2 Å². The summed E-state index contributed by atoms with van der Waals surface area (Å²) in [5.41, 5.74) is 3.60. The van der Waals surface area contributed by atoms with Crippen LogP contribution < -0.4 is 16.0 Å². The Balaban J connectivity index is 1.43. The van der Waals surface area contributed by atoms with Crippen molar-refractivity contribution in [1.82, 2.24) is 20.2 Å². The molecule has 12 nitrogen and oxygen atoms in total. The van der Waals surface area contributed by atoms with Crippen LogP contribution in [0.1, 0.15) is 61.8 Å². The Morgan fingerprint density at radius 1 is 0.953 bits per heavy atom. The number of imidazole rings is 1. The molecule has 3 aromatic rings. The maximum Gasteiger partial charge on any atom is 0.407 e. The summed E-state index contributed by atoms with van der Waals surface area (Å²) >= 11 is 0. The maximum atomic E-state index is 13.3. The van der Waals surface area contributed by atoms with Gasteiger partial charge in [-0.2, -0.15) is 0 Å². The molecule has 228 valence electrons. The number of carbonyl (C=O) groups is 4. The van der Waals surface area contributed by atoms with Crippen molar-refractivity contribution >= 4 is 29.9 Å². The van der Waals surface area contributed by atoms with Crippen molar-refractivity contribution in [2.24, 2.45) is 7.05 Å². The molecule has 0 aliphatic heterocycles. The molecular formula is C31H37N5O7. The second-order valence-electron chi connectivity index (χ2n) is 11.0. The van der Waals surface area contributed by atoms with Gasteiger partial charge >= 0.3 is 18.2 Å². The van der Waals surface area contributed by atoms with Crippen LogP contribution in [-0.4, -0.2) is 65.0 Å². The van der Waals surface area contributed by atoms with Crippen LogP contribution in [0, 0.1) is 0 Å². The Morgan fingerprint density at radius 2 is 1.58 bits per heavy atom. The van der Waals surface area contributed by atoms with E-state index in [0.717, 1.165) is 22.3 Å². The third-order valence-electron chi connectivity index (χ3n) is 6.64. The van der Waals surface area contributed by atoms with E-state index < -0.39 is 35.7 Å². The molecule has 0 spiro atoms. The predicted octanol–water partition coefficient (Wildman–Crippen LogP) is 4.36. The van der Waals surface area contributed by atoms with Gasteiger partial charge in [0.1, 0.15) is 18.2 Å². The molecule has 1 aliphatic carbocycles. The summed E-state index contributed by atoms with van der Waals surface area (Å²) in [5, 5.41) is 7.80. The highest BCUT2D eigenvalue weighted by Gasteiger charge is 2.30. The lowest BCUT2D eigenvalue weighted by atomic mass is 9.98. The fourth-order valence-corrected chi connectivity index (χ4v) is 4.81. The number of hydrogen-bond donors (Lipinski definition) is 3. The van der Waals surface area contributed by atoms with Crippen molar-refractivity contribution in [1.29, 1.82) is 0 Å². The van der Waals surface area contributed by atoms with Crippen LogP contribution in [0.15, 0.2) is 54.7 Å². The minimum absolute atomic E-state index is 0.00443. The van der Waals surface area contributed by atoms with Gasteiger partial charge in [0, 0.05) is 25.7 Å². The number of esters is 1. The van der Waals surface area contributed by atoms with Crippen molar-refractivity contribution < 1.29 is 33.4 Å². The van der Waals surface area contributed by atoms with Crippen molar-refractivity contribution in [2.75, 3.05) is 25.1 Å². The monoisotopic (exact) mass is 591 g/mol. The van der Waals surface area contributed by atoms with Crippen molar-refractivity contribution in [3.63, 3.8) is 0 Å². The molecule has 0 fully saturated rings. The number of anilines is 1. The first-order valence-electron chi connectivity index (χ1n) is 14.1. The number of hydrogen-bond acceptors (Lipinski definition) is 8. The number of carbonyl (C=O) groups excluding carboxylic acids is 4. The van der Waals surface area contributed by atoms with Crippen LogP contribution in [-0.2, 0) is 26.1 Å². The van der Waals surface area contributed by atoms with Crippen LogP contribution in [0.3, 0.4) is 0 Å². The Labute approximate surface area is 250 Å². The third-order valence-corrected chi connectivity index (χ3v) is 6.64. The fraction of sp³-hybridized carbons (Fsp3) is 0.387. The largest absolute Gasteiger partial charge is 0.460 e. The smallest absolute Gasteiger partial charge is 0.407 e. The second-order valence-corrected chi connectivity index (χ2v) is 11.0. The van der Waals surface area contributed by atoms with Crippen LogP contribution in [0.5, 0.6) is 0 Å². The molecule has 0 bridgehead atoms. The van der Waals surface area contributed by atoms with Gasteiger partial charge in [-0.05, 0) is 56.4 Å². The van der Waals surface area contributed by atoms with Gasteiger partial charge in [0.05, 0.1) is 6.61 Å². The predicted molar refractivity (Wildman–Crippen MR) is 159 cm³/mol. The summed E-state index contributed by atoms with van der Waals surface area (Å²) in [6.45, 7) is 7.13. The van der Waals surface area contributed by atoms with E-state index in [0.29, 0.717) is 0 Å². The lowest BCUT2D eigenvalue weighted by Crippen LogP contribution is -2.46. The number of aromatic nitrogens is 2.